The highest BCUT2D eigenvalue weighted by Gasteiger charge is 2.04. The molecule has 0 aliphatic rings. The molecule has 4 heteroatoms. The van der Waals surface area contributed by atoms with Gasteiger partial charge in [-0.15, -0.1) is 0 Å². The maximum absolute atomic E-state index is 13.5. The standard InChI is InChI=1S/C14H19FN2S/c1-17(8-9-18-2)11-12-5-6-14(15)13(10-12)4-3-7-16/h5-6,10H,7-9,11,16H2,1-2H3. The van der Waals surface area contributed by atoms with Gasteiger partial charge in [0.05, 0.1) is 12.1 Å². The Morgan fingerprint density at radius 1 is 1.44 bits per heavy atom. The molecule has 0 unspecified atom stereocenters. The van der Waals surface area contributed by atoms with E-state index in [-0.39, 0.29) is 12.4 Å². The van der Waals surface area contributed by atoms with Crippen LogP contribution in [0.2, 0.25) is 0 Å². The molecule has 98 valence electrons. The highest BCUT2D eigenvalue weighted by atomic mass is 32.2. The number of hydrogen-bond donors (Lipinski definition) is 1. The van der Waals surface area contributed by atoms with Crippen molar-refractivity contribution in [3.8, 4) is 11.8 Å². The van der Waals surface area contributed by atoms with Crippen LogP contribution in [0.5, 0.6) is 0 Å². The molecule has 1 rings (SSSR count). The van der Waals surface area contributed by atoms with Crippen molar-refractivity contribution < 1.29 is 4.39 Å². The van der Waals surface area contributed by atoms with Crippen molar-refractivity contribution in [1.29, 1.82) is 0 Å². The normalized spacial score (nSPS) is 10.3. The molecule has 0 aromatic heterocycles. The molecule has 0 saturated heterocycles. The zero-order valence-electron chi connectivity index (χ0n) is 10.9. The number of nitrogens with two attached hydrogens (primary N) is 1. The van der Waals surface area contributed by atoms with Gasteiger partial charge in [0.25, 0.3) is 0 Å². The predicted octanol–water partition coefficient (Wildman–Crippen LogP) is 1.93. The molecule has 0 fully saturated rings. The van der Waals surface area contributed by atoms with Gasteiger partial charge in [-0.25, -0.2) is 4.39 Å². The molecule has 0 amide bonds. The van der Waals surface area contributed by atoms with E-state index >= 15 is 0 Å². The Labute approximate surface area is 113 Å². The fraction of sp³-hybridized carbons (Fsp3) is 0.429. The van der Waals surface area contributed by atoms with E-state index in [0.717, 1.165) is 24.4 Å². The first-order valence-corrected chi connectivity index (χ1v) is 7.21. The van der Waals surface area contributed by atoms with Crippen LogP contribution in [0.3, 0.4) is 0 Å². The zero-order valence-corrected chi connectivity index (χ0v) is 11.7. The molecule has 0 bridgehead atoms. The summed E-state index contributed by atoms with van der Waals surface area (Å²) in [7, 11) is 2.06. The molecular formula is C14H19FN2S. The van der Waals surface area contributed by atoms with Crippen LogP contribution in [0, 0.1) is 17.7 Å². The van der Waals surface area contributed by atoms with E-state index in [9.17, 15) is 4.39 Å². The van der Waals surface area contributed by atoms with E-state index in [1.165, 1.54) is 6.07 Å². The summed E-state index contributed by atoms with van der Waals surface area (Å²) in [6.45, 7) is 2.07. The minimum absolute atomic E-state index is 0.247. The molecule has 1 aromatic carbocycles. The monoisotopic (exact) mass is 266 g/mol. The summed E-state index contributed by atoms with van der Waals surface area (Å²) in [4.78, 5) is 2.21. The van der Waals surface area contributed by atoms with Crippen LogP contribution in [0.4, 0.5) is 4.39 Å². The van der Waals surface area contributed by atoms with E-state index in [0.29, 0.717) is 5.56 Å². The lowest BCUT2D eigenvalue weighted by molar-refractivity contribution is 0.348. The van der Waals surface area contributed by atoms with Crippen LogP contribution in [-0.4, -0.2) is 37.0 Å². The second-order valence-electron chi connectivity index (χ2n) is 4.05. The van der Waals surface area contributed by atoms with Gasteiger partial charge in [0, 0.05) is 18.8 Å². The molecule has 0 atom stereocenters. The van der Waals surface area contributed by atoms with Gasteiger partial charge in [-0.05, 0) is 31.0 Å². The van der Waals surface area contributed by atoms with Gasteiger partial charge in [-0.2, -0.15) is 11.8 Å². The average Bonchev–Trinajstić information content (AvgIpc) is 2.37. The number of hydrogen-bond acceptors (Lipinski definition) is 3. The van der Waals surface area contributed by atoms with Crippen LogP contribution in [0.25, 0.3) is 0 Å². The summed E-state index contributed by atoms with van der Waals surface area (Å²) in [5.41, 5.74) is 6.79. The van der Waals surface area contributed by atoms with Gasteiger partial charge in [-0.1, -0.05) is 17.9 Å². The van der Waals surface area contributed by atoms with Crippen molar-refractivity contribution in [2.75, 3.05) is 32.1 Å². The summed E-state index contributed by atoms with van der Waals surface area (Å²) in [5, 5.41) is 0. The van der Waals surface area contributed by atoms with Crippen molar-refractivity contribution in [2.45, 2.75) is 6.54 Å². The molecule has 0 heterocycles. The third-order valence-corrected chi connectivity index (χ3v) is 3.08. The smallest absolute Gasteiger partial charge is 0.138 e. The fourth-order valence-electron chi connectivity index (χ4n) is 1.55. The Bertz CT molecular complexity index is 437. The van der Waals surface area contributed by atoms with Crippen molar-refractivity contribution in [1.82, 2.24) is 4.90 Å². The minimum Gasteiger partial charge on any atom is -0.320 e. The van der Waals surface area contributed by atoms with Crippen molar-refractivity contribution in [3.05, 3.63) is 35.1 Å². The molecule has 0 radical (unpaired) electrons. The quantitative estimate of drug-likeness (QED) is 0.826. The molecule has 1 aromatic rings. The minimum atomic E-state index is -0.286. The molecule has 0 saturated carbocycles. The van der Waals surface area contributed by atoms with E-state index in [1.54, 1.807) is 12.1 Å². The lowest BCUT2D eigenvalue weighted by Crippen LogP contribution is -2.20. The van der Waals surface area contributed by atoms with Crippen LogP contribution in [-0.2, 0) is 6.54 Å². The number of benzene rings is 1. The molecular weight excluding hydrogens is 247 g/mol. The first-order valence-electron chi connectivity index (χ1n) is 5.82. The molecule has 0 aliphatic heterocycles. The number of thioether (sulfide) groups is 1. The summed E-state index contributed by atoms with van der Waals surface area (Å²) in [6, 6.07) is 5.07. The van der Waals surface area contributed by atoms with Gasteiger partial charge < -0.3 is 10.6 Å². The van der Waals surface area contributed by atoms with E-state index in [4.69, 9.17) is 5.73 Å². The molecule has 2 N–H and O–H groups in total. The van der Waals surface area contributed by atoms with Gasteiger partial charge in [0.15, 0.2) is 0 Å². The maximum Gasteiger partial charge on any atom is 0.138 e. The topological polar surface area (TPSA) is 29.3 Å². The fourth-order valence-corrected chi connectivity index (χ4v) is 2.04. The number of halogens is 1. The van der Waals surface area contributed by atoms with Crippen molar-refractivity contribution in [2.24, 2.45) is 5.73 Å². The second kappa shape index (κ2) is 8.15. The van der Waals surface area contributed by atoms with E-state index in [1.807, 2.05) is 11.8 Å². The predicted molar refractivity (Wildman–Crippen MR) is 77.0 cm³/mol. The van der Waals surface area contributed by atoms with Gasteiger partial charge in [-0.3, -0.25) is 0 Å². The van der Waals surface area contributed by atoms with Crippen molar-refractivity contribution in [3.63, 3.8) is 0 Å². The first-order chi connectivity index (χ1) is 8.67. The highest BCUT2D eigenvalue weighted by Crippen LogP contribution is 2.11. The highest BCUT2D eigenvalue weighted by molar-refractivity contribution is 7.98. The second-order valence-corrected chi connectivity index (χ2v) is 5.04. The van der Waals surface area contributed by atoms with Crippen LogP contribution in [0.1, 0.15) is 11.1 Å². The largest absolute Gasteiger partial charge is 0.320 e. The average molecular weight is 266 g/mol. The number of nitrogens with zero attached hydrogens (tertiary/aromatic N) is 1. The van der Waals surface area contributed by atoms with Crippen LogP contribution < -0.4 is 5.73 Å². The molecule has 0 spiro atoms. The van der Waals surface area contributed by atoms with Crippen LogP contribution >= 0.6 is 11.8 Å². The summed E-state index contributed by atoms with van der Waals surface area (Å²) < 4.78 is 13.5. The van der Waals surface area contributed by atoms with Crippen LogP contribution in [0.15, 0.2) is 18.2 Å². The maximum atomic E-state index is 13.5. The molecule has 2 nitrogen and oxygen atoms in total. The Kier molecular flexibility index (Phi) is 6.81. The van der Waals surface area contributed by atoms with Gasteiger partial charge in [0.1, 0.15) is 5.82 Å². The SMILES string of the molecule is CSCCN(C)Cc1ccc(F)c(C#CCN)c1. The summed E-state index contributed by atoms with van der Waals surface area (Å²) >= 11 is 1.82. The van der Waals surface area contributed by atoms with E-state index < -0.39 is 0 Å². The van der Waals surface area contributed by atoms with Gasteiger partial charge in [0.2, 0.25) is 0 Å². The number of rotatable bonds is 5. The molecule has 18 heavy (non-hydrogen) atoms. The third kappa shape index (κ3) is 5.09. The lowest BCUT2D eigenvalue weighted by Gasteiger charge is -2.16. The van der Waals surface area contributed by atoms with Gasteiger partial charge >= 0.3 is 0 Å². The Hall–Kier alpha value is -1.02. The van der Waals surface area contributed by atoms with Crippen molar-refractivity contribution >= 4 is 11.8 Å². The van der Waals surface area contributed by atoms with E-state index in [2.05, 4.69) is 30.0 Å². The Morgan fingerprint density at radius 3 is 2.89 bits per heavy atom. The Morgan fingerprint density at radius 2 is 2.22 bits per heavy atom. The summed E-state index contributed by atoms with van der Waals surface area (Å²) in [6.07, 6.45) is 2.09. The Balaban J connectivity index is 2.72. The first kappa shape index (κ1) is 15.0. The molecule has 0 aliphatic carbocycles. The summed E-state index contributed by atoms with van der Waals surface area (Å²) in [5.74, 6) is 6.25. The third-order valence-electron chi connectivity index (χ3n) is 2.49. The lowest BCUT2D eigenvalue weighted by atomic mass is 10.1. The zero-order chi connectivity index (χ0) is 13.4.